The van der Waals surface area contributed by atoms with Crippen molar-refractivity contribution in [3.8, 4) is 5.75 Å². The molecule has 2 aromatic carbocycles. The molecule has 0 aliphatic heterocycles. The molecule has 0 radical (unpaired) electrons. The van der Waals surface area contributed by atoms with Crippen molar-refractivity contribution in [2.45, 2.75) is 17.9 Å². The molecule has 0 aliphatic rings. The van der Waals surface area contributed by atoms with Crippen molar-refractivity contribution in [2.75, 3.05) is 19.5 Å². The van der Waals surface area contributed by atoms with Gasteiger partial charge in [0.1, 0.15) is 16.5 Å². The van der Waals surface area contributed by atoms with Gasteiger partial charge in [-0.3, -0.25) is 4.79 Å². The highest BCUT2D eigenvalue weighted by molar-refractivity contribution is 7.89. The van der Waals surface area contributed by atoms with Gasteiger partial charge in [-0.05, 0) is 56.4 Å². The summed E-state index contributed by atoms with van der Waals surface area (Å²) in [6.07, 6.45) is -1.18. The first-order valence-electron chi connectivity index (χ1n) is 8.07. The number of amides is 1. The molecule has 2 aromatic rings. The third-order valence-electron chi connectivity index (χ3n) is 3.72. The Balaban J connectivity index is 2.14. The normalized spacial score (nSPS) is 12.1. The highest BCUT2D eigenvalue weighted by atomic mass is 32.2. The van der Waals surface area contributed by atoms with Crippen LogP contribution in [0.15, 0.2) is 47.4 Å². The predicted octanol–water partition coefficient (Wildman–Crippen LogP) is 1.93. The molecule has 0 aromatic heterocycles. The summed E-state index contributed by atoms with van der Waals surface area (Å²) in [4.78, 5) is 24.2. The van der Waals surface area contributed by atoms with Crippen molar-refractivity contribution in [2.24, 2.45) is 0 Å². The van der Waals surface area contributed by atoms with Crippen molar-refractivity contribution in [1.29, 1.82) is 0 Å². The number of nitrogens with one attached hydrogen (secondary N) is 2. The van der Waals surface area contributed by atoms with E-state index in [0.29, 0.717) is 5.69 Å². The maximum atomic E-state index is 12.9. The Morgan fingerprint density at radius 2 is 1.75 bits per heavy atom. The van der Waals surface area contributed by atoms with Gasteiger partial charge in [-0.25, -0.2) is 22.3 Å². The van der Waals surface area contributed by atoms with E-state index in [4.69, 9.17) is 9.47 Å². The summed E-state index contributed by atoms with van der Waals surface area (Å²) in [6, 6.07) is 8.79. The Kier molecular flexibility index (Phi) is 6.71. The maximum absolute atomic E-state index is 12.9. The number of hydrogen-bond donors (Lipinski definition) is 2. The van der Waals surface area contributed by atoms with Gasteiger partial charge in [0.25, 0.3) is 5.91 Å². The molecule has 2 N–H and O–H groups in total. The minimum Gasteiger partial charge on any atom is -0.495 e. The van der Waals surface area contributed by atoms with Crippen LogP contribution in [-0.2, 0) is 19.6 Å². The second kappa shape index (κ2) is 8.81. The van der Waals surface area contributed by atoms with Crippen molar-refractivity contribution < 1.29 is 31.9 Å². The quantitative estimate of drug-likeness (QED) is 0.675. The molecule has 10 heteroatoms. The number of carbonyl (C=O) groups is 2. The number of ether oxygens (including phenoxy) is 2. The zero-order chi connectivity index (χ0) is 20.9. The smallest absolute Gasteiger partial charge is 0.338 e. The topological polar surface area (TPSA) is 111 Å². The van der Waals surface area contributed by atoms with Crippen LogP contribution < -0.4 is 14.8 Å². The maximum Gasteiger partial charge on any atom is 0.338 e. The summed E-state index contributed by atoms with van der Waals surface area (Å²) in [7, 11) is -1.36. The molecule has 0 saturated heterocycles. The van der Waals surface area contributed by atoms with Crippen molar-refractivity contribution >= 4 is 27.6 Å². The monoisotopic (exact) mass is 410 g/mol. The number of sulfonamides is 1. The summed E-state index contributed by atoms with van der Waals surface area (Å²) in [6.45, 7) is 1.35. The van der Waals surface area contributed by atoms with E-state index in [2.05, 4.69) is 10.0 Å². The number of rotatable bonds is 7. The summed E-state index contributed by atoms with van der Waals surface area (Å²) in [5.74, 6) is -1.93. The molecule has 0 heterocycles. The zero-order valence-corrected chi connectivity index (χ0v) is 16.2. The Morgan fingerprint density at radius 3 is 2.32 bits per heavy atom. The molecule has 0 spiro atoms. The largest absolute Gasteiger partial charge is 0.495 e. The summed E-state index contributed by atoms with van der Waals surface area (Å²) in [5, 5.41) is 2.48. The van der Waals surface area contributed by atoms with Crippen LogP contribution in [0.25, 0.3) is 0 Å². The molecule has 0 bridgehead atoms. The average Bonchev–Trinajstić information content (AvgIpc) is 2.68. The van der Waals surface area contributed by atoms with Crippen LogP contribution in [0.1, 0.15) is 17.3 Å². The highest BCUT2D eigenvalue weighted by Crippen LogP contribution is 2.25. The van der Waals surface area contributed by atoms with Crippen LogP contribution in [0.2, 0.25) is 0 Å². The fourth-order valence-electron chi connectivity index (χ4n) is 2.18. The van der Waals surface area contributed by atoms with E-state index in [9.17, 15) is 22.4 Å². The fraction of sp³-hybridized carbons (Fsp3) is 0.222. The molecule has 2 rings (SSSR count). The molecule has 8 nitrogen and oxygen atoms in total. The molecular formula is C18H19FN2O6S. The van der Waals surface area contributed by atoms with Crippen molar-refractivity contribution in [3.05, 3.63) is 53.8 Å². The van der Waals surface area contributed by atoms with Gasteiger partial charge in [-0.15, -0.1) is 0 Å². The van der Waals surface area contributed by atoms with Gasteiger partial charge in [0, 0.05) is 5.69 Å². The van der Waals surface area contributed by atoms with Gasteiger partial charge < -0.3 is 14.8 Å². The first-order valence-corrected chi connectivity index (χ1v) is 9.55. The zero-order valence-electron chi connectivity index (χ0n) is 15.4. The van der Waals surface area contributed by atoms with Gasteiger partial charge in [0.15, 0.2) is 6.10 Å². The lowest BCUT2D eigenvalue weighted by atomic mass is 10.2. The first kappa shape index (κ1) is 21.3. The van der Waals surface area contributed by atoms with E-state index in [1.54, 1.807) is 0 Å². The van der Waals surface area contributed by atoms with E-state index in [1.165, 1.54) is 57.5 Å². The fourth-order valence-corrected chi connectivity index (χ4v) is 3.10. The van der Waals surface area contributed by atoms with E-state index in [1.807, 2.05) is 0 Å². The molecule has 150 valence electrons. The van der Waals surface area contributed by atoms with Crippen LogP contribution in [0.5, 0.6) is 5.75 Å². The lowest BCUT2D eigenvalue weighted by molar-refractivity contribution is -0.123. The van der Waals surface area contributed by atoms with Gasteiger partial charge in [0.05, 0.1) is 12.7 Å². The van der Waals surface area contributed by atoms with Crippen LogP contribution in [0.3, 0.4) is 0 Å². The lowest BCUT2D eigenvalue weighted by Gasteiger charge is -2.15. The lowest BCUT2D eigenvalue weighted by Crippen LogP contribution is -2.30. The molecule has 0 aliphatic carbocycles. The number of hydrogen-bond acceptors (Lipinski definition) is 6. The Morgan fingerprint density at radius 1 is 1.11 bits per heavy atom. The molecule has 28 heavy (non-hydrogen) atoms. The van der Waals surface area contributed by atoms with E-state index < -0.39 is 33.8 Å². The second-order valence-corrected chi connectivity index (χ2v) is 7.47. The number of benzene rings is 2. The number of methoxy groups -OCH3 is 1. The Bertz CT molecular complexity index is 976. The number of anilines is 1. The van der Waals surface area contributed by atoms with Crippen LogP contribution in [-0.4, -0.2) is 40.6 Å². The van der Waals surface area contributed by atoms with Gasteiger partial charge >= 0.3 is 5.97 Å². The first-order chi connectivity index (χ1) is 13.2. The summed E-state index contributed by atoms with van der Waals surface area (Å²) in [5.41, 5.74) is 0.261. The second-order valence-electron chi connectivity index (χ2n) is 5.62. The molecule has 1 atom stereocenters. The van der Waals surface area contributed by atoms with Crippen molar-refractivity contribution in [1.82, 2.24) is 4.72 Å². The van der Waals surface area contributed by atoms with E-state index in [-0.39, 0.29) is 16.2 Å². The van der Waals surface area contributed by atoms with Crippen LogP contribution >= 0.6 is 0 Å². The Hall–Kier alpha value is -2.98. The molecule has 1 amide bonds. The van der Waals surface area contributed by atoms with Gasteiger partial charge in [-0.2, -0.15) is 0 Å². The predicted molar refractivity (Wildman–Crippen MR) is 99.1 cm³/mol. The van der Waals surface area contributed by atoms with Gasteiger partial charge in [0.2, 0.25) is 10.0 Å². The number of halogens is 1. The number of esters is 1. The summed E-state index contributed by atoms with van der Waals surface area (Å²) >= 11 is 0. The molecule has 0 fully saturated rings. The van der Waals surface area contributed by atoms with E-state index >= 15 is 0 Å². The highest BCUT2D eigenvalue weighted by Gasteiger charge is 2.23. The van der Waals surface area contributed by atoms with Crippen molar-refractivity contribution in [3.63, 3.8) is 0 Å². The summed E-state index contributed by atoms with van der Waals surface area (Å²) < 4.78 is 49.3. The SMILES string of the molecule is CNS(=O)(=O)c1cc(C(=O)O[C@@H](C)C(=O)Nc2ccc(F)cc2)ccc1OC. The van der Waals surface area contributed by atoms with Crippen LogP contribution in [0.4, 0.5) is 10.1 Å². The third kappa shape index (κ3) is 5.05. The Labute approximate surface area is 161 Å². The average molecular weight is 410 g/mol. The molecular weight excluding hydrogens is 391 g/mol. The standard InChI is InChI=1S/C18H19FN2O6S/c1-11(17(22)21-14-7-5-13(19)6-8-14)27-18(23)12-4-9-15(26-3)16(10-12)28(24,25)20-2/h4-11,20H,1-3H3,(H,21,22)/t11-/m0/s1. The van der Waals surface area contributed by atoms with Gasteiger partial charge in [-0.1, -0.05) is 0 Å². The molecule has 0 unspecified atom stereocenters. The number of carbonyl (C=O) groups excluding carboxylic acids is 2. The van der Waals surface area contributed by atoms with Crippen LogP contribution in [0, 0.1) is 5.82 Å². The minimum absolute atomic E-state index is 0.0491. The molecule has 0 saturated carbocycles. The minimum atomic E-state index is -3.88. The van der Waals surface area contributed by atoms with E-state index in [0.717, 1.165) is 6.07 Å². The third-order valence-corrected chi connectivity index (χ3v) is 5.16.